The van der Waals surface area contributed by atoms with Crippen molar-refractivity contribution < 1.29 is 0 Å². The molecule has 2 unspecified atom stereocenters. The molecule has 0 saturated carbocycles. The van der Waals surface area contributed by atoms with E-state index in [0.29, 0.717) is 34.8 Å². The van der Waals surface area contributed by atoms with Gasteiger partial charge in [-0.25, -0.2) is 9.97 Å². The van der Waals surface area contributed by atoms with Gasteiger partial charge in [0, 0.05) is 18.1 Å². The van der Waals surface area contributed by atoms with Crippen LogP contribution in [0, 0.1) is 0 Å². The van der Waals surface area contributed by atoms with Gasteiger partial charge < -0.3 is 16.0 Å². The summed E-state index contributed by atoms with van der Waals surface area (Å²) in [6.45, 7) is 0. The molecule has 104 valence electrons. The molecular weight excluding hydrogens is 262 g/mol. The third-order valence-corrected chi connectivity index (χ3v) is 4.87. The second-order valence-corrected chi connectivity index (χ2v) is 6.02. The van der Waals surface area contributed by atoms with Crippen LogP contribution in [0.25, 0.3) is 0 Å². The number of hydrogen-bond donors (Lipinski definition) is 2. The summed E-state index contributed by atoms with van der Waals surface area (Å²) in [5.74, 6) is 1.01. The number of halogens is 1. The normalized spacial score (nSPS) is 31.2. The third kappa shape index (κ3) is 2.49. The van der Waals surface area contributed by atoms with E-state index < -0.39 is 0 Å². The van der Waals surface area contributed by atoms with Gasteiger partial charge in [0.25, 0.3) is 0 Å². The van der Waals surface area contributed by atoms with Crippen molar-refractivity contribution in [1.29, 1.82) is 0 Å². The summed E-state index contributed by atoms with van der Waals surface area (Å²) in [6, 6.07) is 1.80. The van der Waals surface area contributed by atoms with Crippen LogP contribution in [0.3, 0.4) is 0 Å². The zero-order valence-electron chi connectivity index (χ0n) is 11.1. The van der Waals surface area contributed by atoms with Crippen molar-refractivity contribution in [3.05, 3.63) is 11.3 Å². The molecule has 3 heterocycles. The molecule has 0 amide bonds. The number of nitrogens with two attached hydrogens (primary N) is 1. The summed E-state index contributed by atoms with van der Waals surface area (Å²) in [5, 5.41) is 3.89. The van der Waals surface area contributed by atoms with Gasteiger partial charge in [0.2, 0.25) is 0 Å². The fourth-order valence-electron chi connectivity index (χ4n) is 3.41. The van der Waals surface area contributed by atoms with Crippen molar-refractivity contribution in [2.24, 2.45) is 0 Å². The van der Waals surface area contributed by atoms with Gasteiger partial charge in [-0.2, -0.15) is 0 Å². The molecule has 5 nitrogen and oxygen atoms in total. The van der Waals surface area contributed by atoms with Crippen molar-refractivity contribution in [3.63, 3.8) is 0 Å². The highest BCUT2D eigenvalue weighted by molar-refractivity contribution is 6.35. The molecule has 2 atom stereocenters. The van der Waals surface area contributed by atoms with Crippen LogP contribution in [-0.2, 0) is 0 Å². The molecule has 2 aliphatic rings. The van der Waals surface area contributed by atoms with Crippen LogP contribution in [0.15, 0.2) is 6.33 Å². The average Bonchev–Trinajstić information content (AvgIpc) is 2.36. The van der Waals surface area contributed by atoms with Crippen LogP contribution in [0.5, 0.6) is 0 Å². The van der Waals surface area contributed by atoms with Gasteiger partial charge in [-0.05, 0) is 32.7 Å². The van der Waals surface area contributed by atoms with Gasteiger partial charge >= 0.3 is 0 Å². The number of piperidine rings is 2. The van der Waals surface area contributed by atoms with Gasteiger partial charge in [-0.3, -0.25) is 0 Å². The summed E-state index contributed by atoms with van der Waals surface area (Å²) < 4.78 is 0. The van der Waals surface area contributed by atoms with Crippen LogP contribution < -0.4 is 11.1 Å². The van der Waals surface area contributed by atoms with E-state index in [0.717, 1.165) is 12.8 Å². The Morgan fingerprint density at radius 1 is 1.32 bits per heavy atom. The molecule has 0 aliphatic carbocycles. The maximum atomic E-state index is 6.14. The number of nitrogens with zero attached hydrogens (tertiary/aromatic N) is 3. The Morgan fingerprint density at radius 2 is 2.00 bits per heavy atom. The number of hydrogen-bond acceptors (Lipinski definition) is 5. The molecule has 0 aromatic carbocycles. The Morgan fingerprint density at radius 3 is 2.68 bits per heavy atom. The Bertz CT molecular complexity index is 452. The maximum Gasteiger partial charge on any atom is 0.150 e. The predicted octanol–water partition coefficient (Wildman–Crippen LogP) is 2.14. The lowest BCUT2D eigenvalue weighted by Gasteiger charge is -2.47. The second kappa shape index (κ2) is 5.13. The minimum atomic E-state index is 0.340. The highest BCUT2D eigenvalue weighted by Crippen LogP contribution is 2.34. The van der Waals surface area contributed by atoms with Crippen molar-refractivity contribution >= 4 is 23.2 Å². The standard InChI is InChI=1S/C13H20ClN5/c1-19-9-3-2-4-10(19)6-8(5-9)18-13-11(14)12(15)16-7-17-13/h7-10H,2-6H2,1H3,(H3,15,16,17,18). The highest BCUT2D eigenvalue weighted by atomic mass is 35.5. The molecule has 2 bridgehead atoms. The Hall–Kier alpha value is -1.07. The van der Waals surface area contributed by atoms with Crippen molar-refractivity contribution in [2.45, 2.75) is 50.2 Å². The van der Waals surface area contributed by atoms with E-state index in [2.05, 4.69) is 27.2 Å². The number of aromatic nitrogens is 2. The summed E-state index contributed by atoms with van der Waals surface area (Å²) in [5.41, 5.74) is 5.71. The third-order valence-electron chi connectivity index (χ3n) is 4.50. The van der Waals surface area contributed by atoms with E-state index in [9.17, 15) is 0 Å². The molecule has 6 heteroatoms. The number of anilines is 2. The first-order chi connectivity index (χ1) is 9.15. The van der Waals surface area contributed by atoms with Crippen LogP contribution in [0.4, 0.5) is 11.6 Å². The smallest absolute Gasteiger partial charge is 0.150 e. The monoisotopic (exact) mass is 281 g/mol. The number of fused-ring (bicyclic) bond motifs is 2. The molecule has 0 spiro atoms. The van der Waals surface area contributed by atoms with Crippen molar-refractivity contribution in [1.82, 2.24) is 14.9 Å². The zero-order valence-corrected chi connectivity index (χ0v) is 11.9. The first kappa shape index (κ1) is 12.9. The fourth-order valence-corrected chi connectivity index (χ4v) is 3.56. The number of rotatable bonds is 2. The highest BCUT2D eigenvalue weighted by Gasteiger charge is 2.36. The van der Waals surface area contributed by atoms with Gasteiger partial charge in [-0.1, -0.05) is 18.0 Å². The van der Waals surface area contributed by atoms with E-state index in [1.54, 1.807) is 0 Å². The van der Waals surface area contributed by atoms with Gasteiger partial charge in [0.05, 0.1) is 0 Å². The lowest BCUT2D eigenvalue weighted by atomic mass is 9.82. The van der Waals surface area contributed by atoms with Gasteiger partial charge in [0.1, 0.15) is 17.2 Å². The summed E-state index contributed by atoms with van der Waals surface area (Å²) in [6.07, 6.45) is 7.70. The van der Waals surface area contributed by atoms with Crippen LogP contribution in [0.1, 0.15) is 32.1 Å². The number of nitrogens with one attached hydrogen (secondary N) is 1. The number of nitrogen functional groups attached to an aromatic ring is 1. The molecule has 19 heavy (non-hydrogen) atoms. The first-order valence-electron chi connectivity index (χ1n) is 6.89. The minimum absolute atomic E-state index is 0.340. The van der Waals surface area contributed by atoms with E-state index in [-0.39, 0.29) is 0 Å². The lowest BCUT2D eigenvalue weighted by molar-refractivity contribution is 0.0608. The molecule has 1 aromatic rings. The minimum Gasteiger partial charge on any atom is -0.382 e. The van der Waals surface area contributed by atoms with Crippen LogP contribution in [-0.4, -0.2) is 40.0 Å². The molecule has 3 N–H and O–H groups in total. The fraction of sp³-hybridized carbons (Fsp3) is 0.692. The summed E-state index contributed by atoms with van der Waals surface area (Å²) in [7, 11) is 2.25. The SMILES string of the molecule is CN1C2CCCC1CC(Nc1ncnc(N)c1Cl)C2. The molecular formula is C13H20ClN5. The molecule has 1 aromatic heterocycles. The Balaban J connectivity index is 1.72. The second-order valence-electron chi connectivity index (χ2n) is 5.64. The Kier molecular flexibility index (Phi) is 3.50. The Labute approximate surface area is 118 Å². The zero-order chi connectivity index (χ0) is 13.4. The van der Waals surface area contributed by atoms with E-state index >= 15 is 0 Å². The van der Waals surface area contributed by atoms with Gasteiger partial charge in [-0.15, -0.1) is 0 Å². The van der Waals surface area contributed by atoms with E-state index in [4.69, 9.17) is 17.3 Å². The van der Waals surface area contributed by atoms with Crippen molar-refractivity contribution in [3.8, 4) is 0 Å². The van der Waals surface area contributed by atoms with Crippen molar-refractivity contribution in [2.75, 3.05) is 18.1 Å². The molecule has 3 rings (SSSR count). The summed E-state index contributed by atoms with van der Waals surface area (Å²) >= 11 is 6.14. The van der Waals surface area contributed by atoms with E-state index in [1.165, 1.54) is 25.6 Å². The predicted molar refractivity (Wildman–Crippen MR) is 77.3 cm³/mol. The largest absolute Gasteiger partial charge is 0.382 e. The topological polar surface area (TPSA) is 67.1 Å². The molecule has 2 fully saturated rings. The van der Waals surface area contributed by atoms with Crippen LogP contribution in [0.2, 0.25) is 5.02 Å². The van der Waals surface area contributed by atoms with Crippen LogP contribution >= 0.6 is 11.6 Å². The average molecular weight is 282 g/mol. The molecule has 2 saturated heterocycles. The first-order valence-corrected chi connectivity index (χ1v) is 7.27. The van der Waals surface area contributed by atoms with Gasteiger partial charge in [0.15, 0.2) is 5.82 Å². The quantitative estimate of drug-likeness (QED) is 0.869. The summed E-state index contributed by atoms with van der Waals surface area (Å²) in [4.78, 5) is 10.6. The lowest BCUT2D eigenvalue weighted by Crippen LogP contribution is -2.52. The maximum absolute atomic E-state index is 6.14. The molecule has 2 aliphatic heterocycles. The molecule has 0 radical (unpaired) electrons. The van der Waals surface area contributed by atoms with E-state index in [1.807, 2.05) is 0 Å².